The quantitative estimate of drug-likeness (QED) is 0.822. The second-order valence-corrected chi connectivity index (χ2v) is 6.54. The van der Waals surface area contributed by atoms with Gasteiger partial charge in [-0.3, -0.25) is 9.59 Å². The van der Waals surface area contributed by atoms with E-state index in [9.17, 15) is 14.7 Å². The van der Waals surface area contributed by atoms with Crippen LogP contribution in [0.4, 0.5) is 5.69 Å². The number of anilines is 1. The van der Waals surface area contributed by atoms with Crippen molar-refractivity contribution in [3.8, 4) is 0 Å². The number of hydrogen-bond acceptors (Lipinski definition) is 4. The molecule has 0 radical (unpaired) electrons. The van der Waals surface area contributed by atoms with E-state index in [1.54, 1.807) is 48.3 Å². The Balaban J connectivity index is 2.15. The maximum absolute atomic E-state index is 13.2. The Labute approximate surface area is 157 Å². The summed E-state index contributed by atoms with van der Waals surface area (Å²) in [5.74, 6) is -0.781. The van der Waals surface area contributed by atoms with Crippen molar-refractivity contribution >= 4 is 34.7 Å². The van der Waals surface area contributed by atoms with Gasteiger partial charge < -0.3 is 10.0 Å². The zero-order valence-corrected chi connectivity index (χ0v) is 15.3. The first kappa shape index (κ1) is 18.2. The van der Waals surface area contributed by atoms with Crippen LogP contribution in [0.3, 0.4) is 0 Å². The van der Waals surface area contributed by atoms with Gasteiger partial charge in [-0.2, -0.15) is 0 Å². The van der Waals surface area contributed by atoms with Crippen LogP contribution in [-0.4, -0.2) is 42.0 Å². The van der Waals surface area contributed by atoms with Crippen LogP contribution < -0.4 is 4.90 Å². The molecule has 0 spiro atoms. The highest BCUT2D eigenvalue weighted by Crippen LogP contribution is 2.35. The molecule has 5 nitrogen and oxygen atoms in total. The summed E-state index contributed by atoms with van der Waals surface area (Å²) in [5, 5.41) is 9.83. The van der Waals surface area contributed by atoms with Crippen LogP contribution in [0.1, 0.15) is 11.1 Å². The maximum Gasteiger partial charge on any atom is 0.282 e. The number of aliphatic hydroxyl groups excluding tert-OH is 1. The first-order valence-corrected chi connectivity index (χ1v) is 8.60. The van der Waals surface area contributed by atoms with Gasteiger partial charge in [0.2, 0.25) is 0 Å². The molecule has 2 amide bonds. The second-order valence-electron chi connectivity index (χ2n) is 6.11. The predicted octanol–water partition coefficient (Wildman–Crippen LogP) is 2.86. The lowest BCUT2D eigenvalue weighted by Gasteiger charge is -2.21. The van der Waals surface area contributed by atoms with Crippen LogP contribution in [0.25, 0.3) is 5.57 Å². The van der Waals surface area contributed by atoms with Crippen molar-refractivity contribution in [3.63, 3.8) is 0 Å². The molecule has 0 fully saturated rings. The number of aliphatic hydroxyl groups is 1. The summed E-state index contributed by atoms with van der Waals surface area (Å²) in [6, 6.07) is 14.1. The van der Waals surface area contributed by atoms with Crippen molar-refractivity contribution < 1.29 is 14.7 Å². The molecule has 2 aromatic rings. The van der Waals surface area contributed by atoms with Crippen molar-refractivity contribution in [3.05, 3.63) is 70.4 Å². The van der Waals surface area contributed by atoms with Crippen molar-refractivity contribution in [2.45, 2.75) is 6.92 Å². The van der Waals surface area contributed by atoms with E-state index in [-0.39, 0.29) is 24.8 Å². The highest BCUT2D eigenvalue weighted by Gasteiger charge is 2.42. The van der Waals surface area contributed by atoms with E-state index in [4.69, 9.17) is 11.6 Å². The van der Waals surface area contributed by atoms with E-state index in [0.717, 1.165) is 5.56 Å². The van der Waals surface area contributed by atoms with Crippen molar-refractivity contribution in [1.29, 1.82) is 0 Å². The van der Waals surface area contributed by atoms with Gasteiger partial charge >= 0.3 is 0 Å². The zero-order valence-electron chi connectivity index (χ0n) is 14.6. The number of amides is 2. The van der Waals surface area contributed by atoms with Crippen LogP contribution in [0.2, 0.25) is 5.02 Å². The molecule has 0 saturated heterocycles. The van der Waals surface area contributed by atoms with E-state index < -0.39 is 5.91 Å². The third-order valence-corrected chi connectivity index (χ3v) is 4.62. The van der Waals surface area contributed by atoms with Gasteiger partial charge in [0.05, 0.1) is 17.9 Å². The zero-order chi connectivity index (χ0) is 18.8. The molecule has 2 aromatic carbocycles. The van der Waals surface area contributed by atoms with Gasteiger partial charge in [-0.15, -0.1) is 0 Å². The number of nitrogens with zero attached hydrogens (tertiary/aromatic N) is 2. The van der Waals surface area contributed by atoms with E-state index in [1.807, 2.05) is 19.1 Å². The molecule has 26 heavy (non-hydrogen) atoms. The van der Waals surface area contributed by atoms with Gasteiger partial charge in [0.25, 0.3) is 11.8 Å². The molecule has 1 aliphatic rings. The number of aryl methyl sites for hydroxylation is 1. The van der Waals surface area contributed by atoms with E-state index in [1.165, 1.54) is 4.90 Å². The van der Waals surface area contributed by atoms with Gasteiger partial charge in [0, 0.05) is 18.6 Å². The molecule has 1 aliphatic heterocycles. The Morgan fingerprint density at radius 1 is 1.04 bits per heavy atom. The number of para-hydroxylation sites is 1. The first-order chi connectivity index (χ1) is 12.5. The monoisotopic (exact) mass is 370 g/mol. The topological polar surface area (TPSA) is 60.9 Å². The van der Waals surface area contributed by atoms with Gasteiger partial charge in [0.1, 0.15) is 5.70 Å². The van der Waals surface area contributed by atoms with E-state index in [2.05, 4.69) is 0 Å². The molecule has 0 bridgehead atoms. The highest BCUT2D eigenvalue weighted by molar-refractivity contribution is 6.45. The first-order valence-electron chi connectivity index (χ1n) is 8.22. The van der Waals surface area contributed by atoms with E-state index >= 15 is 0 Å². The Kier molecular flexibility index (Phi) is 5.11. The summed E-state index contributed by atoms with van der Waals surface area (Å²) in [6.07, 6.45) is 0. The lowest BCUT2D eigenvalue weighted by molar-refractivity contribution is -0.120. The summed E-state index contributed by atoms with van der Waals surface area (Å²) in [5.41, 5.74) is 2.58. The molecule has 3 rings (SSSR count). The van der Waals surface area contributed by atoms with Crippen molar-refractivity contribution in [2.75, 3.05) is 25.1 Å². The molecule has 1 heterocycles. The third kappa shape index (κ3) is 3.11. The molecule has 0 aliphatic carbocycles. The standard InChI is InChI=1S/C20H19ClN2O3/c1-13-5-3-4-6-16(13)23-19(25)17(14-7-9-15(21)10-8-14)18(20(23)26)22(2)11-12-24/h3-10,24H,11-12H2,1-2H3. The Bertz CT molecular complexity index is 890. The van der Waals surface area contributed by atoms with Gasteiger partial charge in [0.15, 0.2) is 0 Å². The van der Waals surface area contributed by atoms with Crippen LogP contribution in [0.15, 0.2) is 54.2 Å². The number of hydrogen-bond donors (Lipinski definition) is 1. The fraction of sp³-hybridized carbons (Fsp3) is 0.200. The molecular weight excluding hydrogens is 352 g/mol. The number of carbonyl (C=O) groups is 2. The minimum Gasteiger partial charge on any atom is -0.395 e. The molecule has 0 unspecified atom stereocenters. The van der Waals surface area contributed by atoms with Crippen LogP contribution in [-0.2, 0) is 9.59 Å². The Morgan fingerprint density at radius 2 is 1.69 bits per heavy atom. The predicted molar refractivity (Wildman–Crippen MR) is 102 cm³/mol. The average molecular weight is 371 g/mol. The molecular formula is C20H19ClN2O3. The van der Waals surface area contributed by atoms with Gasteiger partial charge in [-0.05, 0) is 36.2 Å². The summed E-state index contributed by atoms with van der Waals surface area (Å²) >= 11 is 5.96. The second kappa shape index (κ2) is 7.32. The Hall–Kier alpha value is -2.63. The minimum absolute atomic E-state index is 0.125. The lowest BCUT2D eigenvalue weighted by atomic mass is 10.0. The van der Waals surface area contributed by atoms with Crippen LogP contribution >= 0.6 is 11.6 Å². The third-order valence-electron chi connectivity index (χ3n) is 4.37. The number of halogens is 1. The number of imide groups is 1. The number of carbonyl (C=O) groups excluding carboxylic acids is 2. The summed E-state index contributed by atoms with van der Waals surface area (Å²) < 4.78 is 0. The van der Waals surface area contributed by atoms with Crippen molar-refractivity contribution in [2.24, 2.45) is 0 Å². The van der Waals surface area contributed by atoms with Gasteiger partial charge in [-0.1, -0.05) is 41.9 Å². The van der Waals surface area contributed by atoms with Crippen LogP contribution in [0, 0.1) is 6.92 Å². The summed E-state index contributed by atoms with van der Waals surface area (Å²) in [4.78, 5) is 29.1. The van der Waals surface area contributed by atoms with Gasteiger partial charge in [-0.25, -0.2) is 4.90 Å². The fourth-order valence-electron chi connectivity index (χ4n) is 3.04. The van der Waals surface area contributed by atoms with E-state index in [0.29, 0.717) is 21.8 Å². The molecule has 0 aromatic heterocycles. The highest BCUT2D eigenvalue weighted by atomic mass is 35.5. The molecule has 0 saturated carbocycles. The average Bonchev–Trinajstić information content (AvgIpc) is 2.87. The van der Waals surface area contributed by atoms with Crippen LogP contribution in [0.5, 0.6) is 0 Å². The number of benzene rings is 2. The normalized spacial score (nSPS) is 14.4. The number of likely N-dealkylation sites (N-methyl/N-ethyl adjacent to an activating group) is 1. The lowest BCUT2D eigenvalue weighted by Crippen LogP contribution is -2.35. The minimum atomic E-state index is -0.398. The summed E-state index contributed by atoms with van der Waals surface area (Å²) in [6.45, 7) is 1.97. The Morgan fingerprint density at radius 3 is 2.31 bits per heavy atom. The summed E-state index contributed by atoms with van der Waals surface area (Å²) in [7, 11) is 1.69. The molecule has 0 atom stereocenters. The van der Waals surface area contributed by atoms with Crippen molar-refractivity contribution in [1.82, 2.24) is 4.90 Å². The molecule has 1 N–H and O–H groups in total. The largest absolute Gasteiger partial charge is 0.395 e. The SMILES string of the molecule is Cc1ccccc1N1C(=O)C(c2ccc(Cl)cc2)=C(N(C)CCO)C1=O. The maximum atomic E-state index is 13.2. The number of rotatable bonds is 5. The smallest absolute Gasteiger partial charge is 0.282 e. The molecule has 134 valence electrons. The molecule has 6 heteroatoms. The fourth-order valence-corrected chi connectivity index (χ4v) is 3.17.